The highest BCUT2D eigenvalue weighted by Gasteiger charge is 2.10. The molecule has 2 aromatic heterocycles. The van der Waals surface area contributed by atoms with E-state index in [0.717, 1.165) is 23.0 Å². The van der Waals surface area contributed by atoms with Crippen LogP contribution in [0.1, 0.15) is 30.6 Å². The molecule has 0 spiro atoms. The van der Waals surface area contributed by atoms with Gasteiger partial charge in [0.05, 0.1) is 16.8 Å². The lowest BCUT2D eigenvalue weighted by atomic mass is 10.2. The Morgan fingerprint density at radius 3 is 2.62 bits per heavy atom. The Morgan fingerprint density at radius 1 is 1.12 bits per heavy atom. The number of para-hydroxylation sites is 1. The van der Waals surface area contributed by atoms with Crippen LogP contribution in [0, 0.1) is 0 Å². The van der Waals surface area contributed by atoms with Gasteiger partial charge in [0, 0.05) is 30.0 Å². The average molecular weight is 321 g/mol. The fourth-order valence-electron chi connectivity index (χ4n) is 2.24. The molecule has 6 nitrogen and oxygen atoms in total. The van der Waals surface area contributed by atoms with Crippen molar-refractivity contribution < 1.29 is 4.79 Å². The number of benzene rings is 1. The fourth-order valence-corrected chi connectivity index (χ4v) is 2.24. The van der Waals surface area contributed by atoms with Crippen LogP contribution in [0.15, 0.2) is 48.9 Å². The average Bonchev–Trinajstić information content (AvgIpc) is 2.62. The van der Waals surface area contributed by atoms with Gasteiger partial charge in [-0.05, 0) is 25.5 Å². The molecule has 122 valence electrons. The molecule has 1 amide bonds. The van der Waals surface area contributed by atoms with Crippen LogP contribution >= 0.6 is 0 Å². The summed E-state index contributed by atoms with van der Waals surface area (Å²) < 4.78 is 0. The van der Waals surface area contributed by atoms with Crippen molar-refractivity contribution in [3.05, 3.63) is 54.5 Å². The first kappa shape index (κ1) is 15.9. The lowest BCUT2D eigenvalue weighted by molar-refractivity contribution is 0.0938. The third-order valence-corrected chi connectivity index (χ3v) is 3.78. The minimum atomic E-state index is -0.164. The Kier molecular flexibility index (Phi) is 4.65. The van der Waals surface area contributed by atoms with E-state index in [4.69, 9.17) is 0 Å². The van der Waals surface area contributed by atoms with E-state index in [2.05, 4.69) is 25.6 Å². The summed E-state index contributed by atoms with van der Waals surface area (Å²) in [5.74, 6) is 0.260. The first-order valence-corrected chi connectivity index (χ1v) is 7.91. The summed E-state index contributed by atoms with van der Waals surface area (Å²) >= 11 is 0. The van der Waals surface area contributed by atoms with Crippen molar-refractivity contribution >= 4 is 28.4 Å². The summed E-state index contributed by atoms with van der Waals surface area (Å²) in [4.78, 5) is 24.9. The van der Waals surface area contributed by atoms with Gasteiger partial charge in [-0.15, -0.1) is 0 Å². The molecule has 1 aromatic carbocycles. The van der Waals surface area contributed by atoms with E-state index in [1.807, 2.05) is 44.2 Å². The van der Waals surface area contributed by atoms with Gasteiger partial charge in [0.1, 0.15) is 0 Å². The standard InChI is InChI=1S/C18H19N5O/c1-3-12(2)22-17(24)14-10-20-18(21-11-14)23-15-8-4-6-13-7-5-9-19-16(13)15/h4-12H,3H2,1-2H3,(H,22,24)(H,20,21,23). The molecule has 3 aromatic rings. The lowest BCUT2D eigenvalue weighted by Crippen LogP contribution is -2.32. The van der Waals surface area contributed by atoms with Gasteiger partial charge >= 0.3 is 0 Å². The molecule has 2 heterocycles. The van der Waals surface area contributed by atoms with Gasteiger partial charge in [-0.25, -0.2) is 9.97 Å². The minimum absolute atomic E-state index is 0.122. The predicted octanol–water partition coefficient (Wildman–Crippen LogP) is 3.30. The summed E-state index contributed by atoms with van der Waals surface area (Å²) in [6.07, 6.45) is 5.66. The van der Waals surface area contributed by atoms with Crippen molar-refractivity contribution in [2.75, 3.05) is 5.32 Å². The van der Waals surface area contributed by atoms with Gasteiger partial charge < -0.3 is 10.6 Å². The highest BCUT2D eigenvalue weighted by Crippen LogP contribution is 2.22. The van der Waals surface area contributed by atoms with Crippen LogP contribution in [0.3, 0.4) is 0 Å². The highest BCUT2D eigenvalue weighted by atomic mass is 16.1. The summed E-state index contributed by atoms with van der Waals surface area (Å²) in [5, 5.41) is 7.07. The first-order valence-electron chi connectivity index (χ1n) is 7.91. The molecular weight excluding hydrogens is 302 g/mol. The first-order chi connectivity index (χ1) is 11.7. The van der Waals surface area contributed by atoms with E-state index in [1.54, 1.807) is 6.20 Å². The number of amides is 1. The number of fused-ring (bicyclic) bond motifs is 1. The fraction of sp³-hybridized carbons (Fsp3) is 0.222. The molecule has 24 heavy (non-hydrogen) atoms. The lowest BCUT2D eigenvalue weighted by Gasteiger charge is -2.11. The molecule has 0 saturated carbocycles. The number of rotatable bonds is 5. The number of nitrogens with one attached hydrogen (secondary N) is 2. The van der Waals surface area contributed by atoms with Crippen LogP contribution in [0.25, 0.3) is 10.9 Å². The molecule has 3 rings (SSSR count). The topological polar surface area (TPSA) is 79.8 Å². The molecule has 2 N–H and O–H groups in total. The molecule has 0 saturated heterocycles. The van der Waals surface area contributed by atoms with Crippen LogP contribution in [0.2, 0.25) is 0 Å². The second-order valence-electron chi connectivity index (χ2n) is 5.58. The molecule has 0 aliphatic heterocycles. The van der Waals surface area contributed by atoms with Crippen LogP contribution in [0.5, 0.6) is 0 Å². The van der Waals surface area contributed by atoms with Crippen molar-refractivity contribution in [3.63, 3.8) is 0 Å². The maximum absolute atomic E-state index is 12.0. The Hall–Kier alpha value is -3.02. The maximum Gasteiger partial charge on any atom is 0.254 e. The predicted molar refractivity (Wildman–Crippen MR) is 94.3 cm³/mol. The normalized spacial score (nSPS) is 11.9. The van der Waals surface area contributed by atoms with E-state index in [0.29, 0.717) is 11.5 Å². The molecular formula is C18H19N5O. The monoisotopic (exact) mass is 321 g/mol. The minimum Gasteiger partial charge on any atom is -0.350 e. The van der Waals surface area contributed by atoms with E-state index in [-0.39, 0.29) is 11.9 Å². The molecule has 1 atom stereocenters. The zero-order chi connectivity index (χ0) is 16.9. The van der Waals surface area contributed by atoms with Crippen LogP contribution in [-0.4, -0.2) is 26.9 Å². The third kappa shape index (κ3) is 3.48. The van der Waals surface area contributed by atoms with E-state index in [1.165, 1.54) is 12.4 Å². The van der Waals surface area contributed by atoms with Crippen molar-refractivity contribution in [2.45, 2.75) is 26.3 Å². The molecule has 0 radical (unpaired) electrons. The van der Waals surface area contributed by atoms with Gasteiger partial charge in [0.2, 0.25) is 5.95 Å². The molecule has 0 fully saturated rings. The van der Waals surface area contributed by atoms with Gasteiger partial charge in [-0.3, -0.25) is 9.78 Å². The van der Waals surface area contributed by atoms with Crippen LogP contribution in [-0.2, 0) is 0 Å². The van der Waals surface area contributed by atoms with Crippen LogP contribution < -0.4 is 10.6 Å². The summed E-state index contributed by atoms with van der Waals surface area (Å²) in [6.45, 7) is 3.98. The summed E-state index contributed by atoms with van der Waals surface area (Å²) in [5.41, 5.74) is 2.11. The molecule has 6 heteroatoms. The van der Waals surface area contributed by atoms with Gasteiger partial charge in [-0.2, -0.15) is 0 Å². The number of aromatic nitrogens is 3. The van der Waals surface area contributed by atoms with E-state index < -0.39 is 0 Å². The molecule has 0 aliphatic rings. The number of hydrogen-bond donors (Lipinski definition) is 2. The van der Waals surface area contributed by atoms with Gasteiger partial charge in [0.25, 0.3) is 5.91 Å². The SMILES string of the molecule is CCC(C)NC(=O)c1cnc(Nc2cccc3cccnc23)nc1. The number of carbonyl (C=O) groups is 1. The quantitative estimate of drug-likeness (QED) is 0.754. The second kappa shape index (κ2) is 7.04. The Bertz CT molecular complexity index is 842. The maximum atomic E-state index is 12.0. The van der Waals surface area contributed by atoms with Crippen molar-refractivity contribution in [1.82, 2.24) is 20.3 Å². The zero-order valence-electron chi connectivity index (χ0n) is 13.7. The van der Waals surface area contributed by atoms with Crippen molar-refractivity contribution in [1.29, 1.82) is 0 Å². The number of nitrogens with zero attached hydrogens (tertiary/aromatic N) is 3. The highest BCUT2D eigenvalue weighted by molar-refractivity contribution is 5.94. The Labute approximate surface area is 140 Å². The summed E-state index contributed by atoms with van der Waals surface area (Å²) in [7, 11) is 0. The largest absolute Gasteiger partial charge is 0.350 e. The number of carbonyl (C=O) groups excluding carboxylic acids is 1. The number of pyridine rings is 1. The van der Waals surface area contributed by atoms with Crippen molar-refractivity contribution in [3.8, 4) is 0 Å². The van der Waals surface area contributed by atoms with Crippen LogP contribution in [0.4, 0.5) is 11.6 Å². The summed E-state index contributed by atoms with van der Waals surface area (Å²) in [6, 6.07) is 9.88. The Morgan fingerprint density at radius 2 is 1.88 bits per heavy atom. The smallest absolute Gasteiger partial charge is 0.254 e. The van der Waals surface area contributed by atoms with Gasteiger partial charge in [0.15, 0.2) is 0 Å². The molecule has 1 unspecified atom stereocenters. The number of anilines is 2. The van der Waals surface area contributed by atoms with Gasteiger partial charge in [-0.1, -0.05) is 25.1 Å². The van der Waals surface area contributed by atoms with Crippen molar-refractivity contribution in [2.24, 2.45) is 0 Å². The van der Waals surface area contributed by atoms with E-state index >= 15 is 0 Å². The number of hydrogen-bond acceptors (Lipinski definition) is 5. The third-order valence-electron chi connectivity index (χ3n) is 3.78. The Balaban J connectivity index is 1.77. The second-order valence-corrected chi connectivity index (χ2v) is 5.58. The van der Waals surface area contributed by atoms with E-state index in [9.17, 15) is 4.79 Å². The molecule has 0 bridgehead atoms. The zero-order valence-corrected chi connectivity index (χ0v) is 13.7. The molecule has 0 aliphatic carbocycles.